The van der Waals surface area contributed by atoms with Crippen molar-refractivity contribution in [2.75, 3.05) is 11.5 Å². The Labute approximate surface area is 132 Å². The number of carbonyl (C=O) groups is 1. The van der Waals surface area contributed by atoms with Gasteiger partial charge in [-0.3, -0.25) is 10.2 Å². The van der Waals surface area contributed by atoms with Crippen molar-refractivity contribution in [3.05, 3.63) is 29.8 Å². The van der Waals surface area contributed by atoms with E-state index in [4.69, 9.17) is 10.6 Å². The maximum absolute atomic E-state index is 12.0. The predicted molar refractivity (Wildman–Crippen MR) is 89.6 cm³/mol. The first-order valence-electron chi connectivity index (χ1n) is 7.58. The Hall–Kier alpha value is -2.01. The minimum atomic E-state index is -0.374. The second kappa shape index (κ2) is 6.01. The molecule has 0 saturated heterocycles. The van der Waals surface area contributed by atoms with E-state index in [9.17, 15) is 4.79 Å². The van der Waals surface area contributed by atoms with Crippen LogP contribution in [0.25, 0.3) is 5.57 Å². The van der Waals surface area contributed by atoms with Crippen LogP contribution >= 0.6 is 0 Å². The average Bonchev–Trinajstić information content (AvgIpc) is 2.46. The lowest BCUT2D eigenvalue weighted by Crippen LogP contribution is -2.56. The molecular formula is C17H25N3O2. The molecule has 1 heterocycles. The SMILES string of the molecule is CCOc1ccc2c(c1)C(C)=CC(C)(C)N2[C@@H](C)C(=O)NN. The van der Waals surface area contributed by atoms with Crippen LogP contribution in [0.1, 0.15) is 40.2 Å². The van der Waals surface area contributed by atoms with Crippen molar-refractivity contribution in [1.29, 1.82) is 0 Å². The van der Waals surface area contributed by atoms with Crippen LogP contribution in [0.15, 0.2) is 24.3 Å². The molecule has 2 rings (SSSR count). The molecule has 22 heavy (non-hydrogen) atoms. The summed E-state index contributed by atoms with van der Waals surface area (Å²) in [5, 5.41) is 0. The highest BCUT2D eigenvalue weighted by atomic mass is 16.5. The number of nitrogens with one attached hydrogen (secondary N) is 1. The van der Waals surface area contributed by atoms with E-state index < -0.39 is 0 Å². The molecule has 5 heteroatoms. The number of amides is 1. The summed E-state index contributed by atoms with van der Waals surface area (Å²) in [6.45, 7) is 10.7. The minimum absolute atomic E-state index is 0.208. The first-order valence-corrected chi connectivity index (χ1v) is 7.58. The molecule has 5 nitrogen and oxygen atoms in total. The van der Waals surface area contributed by atoms with Crippen LogP contribution in [0.3, 0.4) is 0 Å². The molecular weight excluding hydrogens is 278 g/mol. The number of rotatable bonds is 4. The van der Waals surface area contributed by atoms with Crippen molar-refractivity contribution in [3.8, 4) is 5.75 Å². The second-order valence-electron chi connectivity index (χ2n) is 6.15. The molecule has 0 spiro atoms. The highest BCUT2D eigenvalue weighted by Gasteiger charge is 2.37. The number of carbonyl (C=O) groups excluding carboxylic acids is 1. The lowest BCUT2D eigenvalue weighted by Gasteiger charge is -2.46. The Balaban J connectivity index is 2.54. The van der Waals surface area contributed by atoms with Crippen LogP contribution in [0.4, 0.5) is 5.69 Å². The topological polar surface area (TPSA) is 67.6 Å². The first-order chi connectivity index (χ1) is 10.3. The molecule has 0 bridgehead atoms. The number of anilines is 1. The highest BCUT2D eigenvalue weighted by molar-refractivity contribution is 5.89. The van der Waals surface area contributed by atoms with Gasteiger partial charge in [0.05, 0.1) is 12.1 Å². The quantitative estimate of drug-likeness (QED) is 0.509. The smallest absolute Gasteiger partial charge is 0.256 e. The van der Waals surface area contributed by atoms with E-state index in [0.717, 1.165) is 17.0 Å². The summed E-state index contributed by atoms with van der Waals surface area (Å²) in [5.41, 5.74) is 5.25. The summed E-state index contributed by atoms with van der Waals surface area (Å²) < 4.78 is 5.59. The molecule has 1 aliphatic heterocycles. The van der Waals surface area contributed by atoms with Crippen LogP contribution in [-0.2, 0) is 4.79 Å². The van der Waals surface area contributed by atoms with Crippen LogP contribution < -0.4 is 20.9 Å². The van der Waals surface area contributed by atoms with Gasteiger partial charge < -0.3 is 9.64 Å². The van der Waals surface area contributed by atoms with E-state index in [0.29, 0.717) is 6.61 Å². The van der Waals surface area contributed by atoms with E-state index >= 15 is 0 Å². The Morgan fingerprint density at radius 2 is 2.14 bits per heavy atom. The standard InChI is InChI=1S/C17H25N3O2/c1-6-22-13-7-8-15-14(9-13)11(2)10-17(4,5)20(15)12(3)16(21)19-18/h7-10,12H,6,18H2,1-5H3,(H,19,21)/t12-/m0/s1. The summed E-state index contributed by atoms with van der Waals surface area (Å²) in [6.07, 6.45) is 2.17. The number of allylic oxidation sites excluding steroid dienone is 1. The molecule has 120 valence electrons. The zero-order valence-electron chi connectivity index (χ0n) is 13.9. The van der Waals surface area contributed by atoms with Gasteiger partial charge in [0.15, 0.2) is 0 Å². The van der Waals surface area contributed by atoms with Crippen LogP contribution in [-0.4, -0.2) is 24.1 Å². The van der Waals surface area contributed by atoms with Crippen molar-refractivity contribution in [2.24, 2.45) is 5.84 Å². The Morgan fingerprint density at radius 3 is 2.73 bits per heavy atom. The molecule has 1 amide bonds. The van der Waals surface area contributed by atoms with Crippen LogP contribution in [0.5, 0.6) is 5.75 Å². The fraction of sp³-hybridized carbons (Fsp3) is 0.471. The van der Waals surface area contributed by atoms with Gasteiger partial charge in [-0.2, -0.15) is 0 Å². The number of hydrazine groups is 1. The van der Waals surface area contributed by atoms with Gasteiger partial charge in [0.1, 0.15) is 11.8 Å². The van der Waals surface area contributed by atoms with Crippen LogP contribution in [0.2, 0.25) is 0 Å². The molecule has 0 radical (unpaired) electrons. The molecule has 0 aliphatic carbocycles. The van der Waals surface area contributed by atoms with Crippen molar-refractivity contribution in [1.82, 2.24) is 5.43 Å². The lowest BCUT2D eigenvalue weighted by molar-refractivity contribution is -0.122. The van der Waals surface area contributed by atoms with Gasteiger partial charge in [-0.25, -0.2) is 5.84 Å². The number of nitrogens with two attached hydrogens (primary N) is 1. The largest absolute Gasteiger partial charge is 0.494 e. The molecule has 0 fully saturated rings. The zero-order valence-corrected chi connectivity index (χ0v) is 13.9. The number of nitrogens with zero attached hydrogens (tertiary/aromatic N) is 1. The normalized spacial score (nSPS) is 17.4. The number of hydrogen-bond acceptors (Lipinski definition) is 4. The van der Waals surface area contributed by atoms with E-state index in [1.165, 1.54) is 5.57 Å². The Morgan fingerprint density at radius 1 is 1.45 bits per heavy atom. The third-order valence-corrected chi connectivity index (χ3v) is 4.06. The molecule has 1 aliphatic rings. The number of ether oxygens (including phenoxy) is 1. The van der Waals surface area contributed by atoms with Gasteiger partial charge in [-0.1, -0.05) is 6.08 Å². The summed E-state index contributed by atoms with van der Waals surface area (Å²) in [6, 6.07) is 5.61. The van der Waals surface area contributed by atoms with Gasteiger partial charge in [-0.05, 0) is 58.4 Å². The lowest BCUT2D eigenvalue weighted by atomic mass is 9.87. The molecule has 0 aromatic heterocycles. The zero-order chi connectivity index (χ0) is 16.5. The van der Waals surface area contributed by atoms with E-state index in [1.54, 1.807) is 0 Å². The average molecular weight is 303 g/mol. The summed E-state index contributed by atoms with van der Waals surface area (Å²) in [7, 11) is 0. The summed E-state index contributed by atoms with van der Waals surface area (Å²) >= 11 is 0. The molecule has 0 unspecified atom stereocenters. The minimum Gasteiger partial charge on any atom is -0.494 e. The number of benzene rings is 1. The van der Waals surface area contributed by atoms with Gasteiger partial charge in [0.2, 0.25) is 0 Å². The summed E-state index contributed by atoms with van der Waals surface area (Å²) in [5.74, 6) is 5.95. The molecule has 1 aromatic carbocycles. The third-order valence-electron chi connectivity index (χ3n) is 4.06. The fourth-order valence-corrected chi connectivity index (χ4v) is 3.23. The molecule has 3 N–H and O–H groups in total. The highest BCUT2D eigenvalue weighted by Crippen LogP contribution is 2.41. The van der Waals surface area contributed by atoms with Gasteiger partial charge in [0, 0.05) is 11.3 Å². The molecule has 1 atom stereocenters. The second-order valence-corrected chi connectivity index (χ2v) is 6.15. The maximum atomic E-state index is 12.0. The first kappa shape index (κ1) is 16.4. The maximum Gasteiger partial charge on any atom is 0.256 e. The third kappa shape index (κ3) is 2.81. The Kier molecular flexibility index (Phi) is 4.47. The van der Waals surface area contributed by atoms with E-state index in [1.807, 2.05) is 32.0 Å². The van der Waals surface area contributed by atoms with E-state index in [-0.39, 0.29) is 17.5 Å². The van der Waals surface area contributed by atoms with Crippen molar-refractivity contribution in [2.45, 2.75) is 46.2 Å². The van der Waals surface area contributed by atoms with Crippen molar-refractivity contribution < 1.29 is 9.53 Å². The number of hydrogen-bond donors (Lipinski definition) is 2. The molecule has 1 aromatic rings. The van der Waals surface area contributed by atoms with Crippen LogP contribution in [0, 0.1) is 0 Å². The van der Waals surface area contributed by atoms with Crippen molar-refractivity contribution >= 4 is 17.2 Å². The Bertz CT molecular complexity index is 608. The predicted octanol–water partition coefficient (Wildman–Crippen LogP) is 2.47. The fourth-order valence-electron chi connectivity index (χ4n) is 3.23. The van der Waals surface area contributed by atoms with Gasteiger partial charge in [-0.15, -0.1) is 0 Å². The van der Waals surface area contributed by atoms with Gasteiger partial charge >= 0.3 is 0 Å². The monoisotopic (exact) mass is 303 g/mol. The van der Waals surface area contributed by atoms with Gasteiger partial charge in [0.25, 0.3) is 5.91 Å². The van der Waals surface area contributed by atoms with E-state index in [2.05, 4.69) is 37.2 Å². The summed E-state index contributed by atoms with van der Waals surface area (Å²) in [4.78, 5) is 14.1. The van der Waals surface area contributed by atoms with Crippen molar-refractivity contribution in [3.63, 3.8) is 0 Å². The molecule has 0 saturated carbocycles. The number of fused-ring (bicyclic) bond motifs is 1.